The van der Waals surface area contributed by atoms with Gasteiger partial charge in [-0.2, -0.15) is 10.4 Å². The largest absolute Gasteiger partial charge is 0.495 e. The molecule has 5 rings (SSSR count). The van der Waals surface area contributed by atoms with Gasteiger partial charge in [0.1, 0.15) is 24.0 Å². The molecule has 9 heteroatoms. The molecule has 4 heterocycles. The van der Waals surface area contributed by atoms with Gasteiger partial charge in [-0.05, 0) is 24.1 Å². The monoisotopic (exact) mass is 444 g/mol. The molecular formula is C24H24N6O3. The van der Waals surface area contributed by atoms with Gasteiger partial charge in [-0.1, -0.05) is 6.07 Å². The third-order valence-corrected chi connectivity index (χ3v) is 6.31. The third-order valence-electron chi connectivity index (χ3n) is 6.31. The number of benzene rings is 1. The van der Waals surface area contributed by atoms with Crippen LogP contribution in [0.3, 0.4) is 0 Å². The lowest BCUT2D eigenvalue weighted by Gasteiger charge is -2.34. The molecule has 0 spiro atoms. The van der Waals surface area contributed by atoms with Crippen LogP contribution in [0.2, 0.25) is 0 Å². The number of carbonyl (C=O) groups is 1. The van der Waals surface area contributed by atoms with Crippen LogP contribution in [-0.2, 0) is 17.9 Å². The van der Waals surface area contributed by atoms with Crippen LogP contribution < -0.4 is 10.1 Å². The Hall–Kier alpha value is -3.74. The molecule has 0 unspecified atom stereocenters. The predicted molar refractivity (Wildman–Crippen MR) is 119 cm³/mol. The van der Waals surface area contributed by atoms with Gasteiger partial charge >= 0.3 is 5.97 Å². The molecule has 1 saturated heterocycles. The van der Waals surface area contributed by atoms with E-state index in [-0.39, 0.29) is 12.0 Å². The quantitative estimate of drug-likeness (QED) is 0.598. The van der Waals surface area contributed by atoms with Gasteiger partial charge in [-0.15, -0.1) is 0 Å². The second-order valence-electron chi connectivity index (χ2n) is 8.27. The van der Waals surface area contributed by atoms with Crippen LogP contribution in [0.4, 0.5) is 0 Å². The van der Waals surface area contributed by atoms with Crippen molar-refractivity contribution in [3.05, 3.63) is 70.2 Å². The lowest BCUT2D eigenvalue weighted by Crippen LogP contribution is -2.45. The molecule has 33 heavy (non-hydrogen) atoms. The summed E-state index contributed by atoms with van der Waals surface area (Å²) in [7, 11) is 1.53. The second-order valence-corrected chi connectivity index (χ2v) is 8.27. The molecule has 0 amide bonds. The number of nitrogens with zero attached hydrogens (tertiary/aromatic N) is 5. The maximum Gasteiger partial charge on any atom is 0.338 e. The summed E-state index contributed by atoms with van der Waals surface area (Å²) in [6.45, 7) is 5.84. The molecule has 1 atom stereocenters. The number of methoxy groups -OCH3 is 1. The number of fused-ring (bicyclic) bond motifs is 1. The van der Waals surface area contributed by atoms with Crippen LogP contribution in [0.25, 0.3) is 5.82 Å². The van der Waals surface area contributed by atoms with Gasteiger partial charge in [0.15, 0.2) is 5.82 Å². The maximum atomic E-state index is 11.9. The van der Waals surface area contributed by atoms with Gasteiger partial charge in [0, 0.05) is 55.6 Å². The number of pyridine rings is 1. The lowest BCUT2D eigenvalue weighted by atomic mass is 9.93. The van der Waals surface area contributed by atoms with E-state index in [1.165, 1.54) is 18.9 Å². The Morgan fingerprint density at radius 1 is 1.36 bits per heavy atom. The highest BCUT2D eigenvalue weighted by atomic mass is 16.5. The van der Waals surface area contributed by atoms with Gasteiger partial charge in [-0.25, -0.2) is 14.5 Å². The molecule has 0 bridgehead atoms. The van der Waals surface area contributed by atoms with E-state index in [0.717, 1.165) is 42.9 Å². The van der Waals surface area contributed by atoms with Crippen molar-refractivity contribution in [2.75, 3.05) is 26.7 Å². The normalized spacial score (nSPS) is 18.0. The van der Waals surface area contributed by atoms with Gasteiger partial charge in [0.2, 0.25) is 0 Å². The molecule has 3 aromatic rings. The first-order chi connectivity index (χ1) is 16.1. The number of hydrogen-bond donors (Lipinski definition) is 1. The van der Waals surface area contributed by atoms with Gasteiger partial charge in [0.05, 0.1) is 25.1 Å². The zero-order valence-corrected chi connectivity index (χ0v) is 18.5. The molecule has 1 N–H and O–H groups in total. The number of nitriles is 1. The average Bonchev–Trinajstić information content (AvgIpc) is 3.46. The molecule has 168 valence electrons. The Kier molecular flexibility index (Phi) is 5.54. The summed E-state index contributed by atoms with van der Waals surface area (Å²) in [5, 5.41) is 17.2. The number of piperazine rings is 1. The van der Waals surface area contributed by atoms with E-state index in [1.54, 1.807) is 10.7 Å². The molecule has 2 aliphatic heterocycles. The van der Waals surface area contributed by atoms with E-state index in [1.807, 2.05) is 24.5 Å². The van der Waals surface area contributed by atoms with Crippen molar-refractivity contribution in [3.63, 3.8) is 0 Å². The number of aromatic nitrogens is 3. The van der Waals surface area contributed by atoms with E-state index in [9.17, 15) is 4.79 Å². The highest BCUT2D eigenvalue weighted by Crippen LogP contribution is 2.30. The number of esters is 1. The van der Waals surface area contributed by atoms with E-state index in [4.69, 9.17) is 14.7 Å². The number of rotatable bonds is 5. The highest BCUT2D eigenvalue weighted by molar-refractivity contribution is 5.94. The predicted octanol–water partition coefficient (Wildman–Crippen LogP) is 2.27. The zero-order valence-electron chi connectivity index (χ0n) is 18.5. The minimum Gasteiger partial charge on any atom is -0.495 e. The molecule has 0 radical (unpaired) electrons. The smallest absolute Gasteiger partial charge is 0.338 e. The lowest BCUT2D eigenvalue weighted by molar-refractivity contribution is 0.0535. The summed E-state index contributed by atoms with van der Waals surface area (Å²) in [5.41, 5.74) is 5.49. The molecule has 2 aliphatic rings. The molecule has 0 saturated carbocycles. The first-order valence-corrected chi connectivity index (χ1v) is 10.8. The number of nitrogens with one attached hydrogen (secondary N) is 1. The average molecular weight is 444 g/mol. The van der Waals surface area contributed by atoms with E-state index < -0.39 is 0 Å². The summed E-state index contributed by atoms with van der Waals surface area (Å²) < 4.78 is 12.2. The Morgan fingerprint density at radius 3 is 3.06 bits per heavy atom. The minimum absolute atomic E-state index is 0.180. The topological polar surface area (TPSA) is 105 Å². The van der Waals surface area contributed by atoms with Crippen LogP contribution in [-0.4, -0.2) is 52.4 Å². The summed E-state index contributed by atoms with van der Waals surface area (Å²) in [6, 6.07) is 7.89. The fourth-order valence-electron chi connectivity index (χ4n) is 4.54. The van der Waals surface area contributed by atoms with Crippen LogP contribution in [0.5, 0.6) is 5.75 Å². The molecular weight excluding hydrogens is 420 g/mol. The molecule has 0 aliphatic carbocycles. The summed E-state index contributed by atoms with van der Waals surface area (Å²) in [6.07, 6.45) is 5.29. The van der Waals surface area contributed by atoms with E-state index >= 15 is 0 Å². The van der Waals surface area contributed by atoms with Crippen molar-refractivity contribution in [2.24, 2.45) is 0 Å². The fourth-order valence-corrected chi connectivity index (χ4v) is 4.54. The van der Waals surface area contributed by atoms with Crippen LogP contribution in [0.15, 0.2) is 36.8 Å². The highest BCUT2D eigenvalue weighted by Gasteiger charge is 2.28. The Bertz CT molecular complexity index is 1260. The van der Waals surface area contributed by atoms with Crippen molar-refractivity contribution >= 4 is 5.97 Å². The SMILES string of the molecule is COc1cc(-n2cc(CN3CCN[C@H](c4ccc5c(c4C)COC5=O)C3)cn2)ncc1C#N. The Labute approximate surface area is 191 Å². The number of carbonyl (C=O) groups excluding carboxylic acids is 1. The molecule has 1 aromatic carbocycles. The summed E-state index contributed by atoms with van der Waals surface area (Å²) in [5.74, 6) is 0.839. The van der Waals surface area contributed by atoms with Gasteiger partial charge < -0.3 is 14.8 Å². The van der Waals surface area contributed by atoms with Crippen molar-refractivity contribution in [3.8, 4) is 17.6 Å². The van der Waals surface area contributed by atoms with Crippen molar-refractivity contribution in [2.45, 2.75) is 26.1 Å². The maximum absolute atomic E-state index is 11.9. The van der Waals surface area contributed by atoms with Crippen LogP contribution in [0.1, 0.15) is 44.2 Å². The first kappa shape index (κ1) is 21.1. The summed E-state index contributed by atoms with van der Waals surface area (Å²) >= 11 is 0. The first-order valence-electron chi connectivity index (χ1n) is 10.8. The fraction of sp³-hybridized carbons (Fsp3) is 0.333. The van der Waals surface area contributed by atoms with Crippen molar-refractivity contribution in [1.82, 2.24) is 25.0 Å². The molecule has 2 aromatic heterocycles. The Morgan fingerprint density at radius 2 is 2.24 bits per heavy atom. The van der Waals surface area contributed by atoms with Crippen molar-refractivity contribution < 1.29 is 14.3 Å². The summed E-state index contributed by atoms with van der Waals surface area (Å²) in [4.78, 5) is 18.6. The minimum atomic E-state index is -0.232. The standard InChI is InChI=1S/C24H24N6O3/c1-15-18(3-4-19-20(15)14-33-24(19)31)21-13-29(6-5-26-21)11-16-9-28-30(12-16)23-7-22(32-2)17(8-25)10-27-23/h3-4,7,9-10,12,21,26H,5-6,11,13-14H2,1-2H3/t21-/m0/s1. The third kappa shape index (κ3) is 3.95. The number of ether oxygens (including phenoxy) is 2. The number of cyclic esters (lactones) is 1. The van der Waals surface area contributed by atoms with E-state index in [2.05, 4.69) is 33.3 Å². The molecule has 1 fully saturated rings. The van der Waals surface area contributed by atoms with Crippen molar-refractivity contribution in [1.29, 1.82) is 5.26 Å². The molecule has 9 nitrogen and oxygen atoms in total. The van der Waals surface area contributed by atoms with Gasteiger partial charge in [-0.3, -0.25) is 4.90 Å². The Balaban J connectivity index is 1.30. The zero-order chi connectivity index (χ0) is 22.9. The van der Waals surface area contributed by atoms with Crippen LogP contribution in [0, 0.1) is 18.3 Å². The van der Waals surface area contributed by atoms with E-state index in [0.29, 0.717) is 29.3 Å². The van der Waals surface area contributed by atoms with Crippen LogP contribution >= 0.6 is 0 Å². The second kappa shape index (κ2) is 8.65. The van der Waals surface area contributed by atoms with Gasteiger partial charge in [0.25, 0.3) is 0 Å². The number of hydrogen-bond acceptors (Lipinski definition) is 8.